The smallest absolute Gasteiger partial charge is 0.260 e. The lowest BCUT2D eigenvalue weighted by Gasteiger charge is -2.20. The lowest BCUT2D eigenvalue weighted by Crippen LogP contribution is -2.30. The molecule has 0 atom stereocenters. The molecule has 0 bridgehead atoms. The van der Waals surface area contributed by atoms with Crippen LogP contribution in [-0.4, -0.2) is 28.0 Å². The minimum atomic E-state index is -0.116. The van der Waals surface area contributed by atoms with Crippen molar-refractivity contribution in [3.05, 3.63) is 77.1 Å². The maximum Gasteiger partial charge on any atom is 0.260 e. The molecule has 154 valence electrons. The van der Waals surface area contributed by atoms with Crippen molar-refractivity contribution >= 4 is 54.1 Å². The Kier molecular flexibility index (Phi) is 5.09. The molecule has 0 aliphatic heterocycles. The molecule has 31 heavy (non-hydrogen) atoms. The minimum Gasteiger partial charge on any atom is -0.494 e. The largest absolute Gasteiger partial charge is 0.494 e. The molecule has 0 fully saturated rings. The van der Waals surface area contributed by atoms with Gasteiger partial charge >= 0.3 is 0 Å². The predicted molar refractivity (Wildman–Crippen MR) is 125 cm³/mol. The van der Waals surface area contributed by atoms with E-state index in [1.54, 1.807) is 29.9 Å². The molecule has 0 saturated carbocycles. The monoisotopic (exact) mass is 446 g/mol. The molecule has 0 aliphatic carbocycles. The molecule has 0 saturated heterocycles. The molecule has 0 radical (unpaired) electrons. The number of ether oxygens (including phenoxy) is 1. The lowest BCUT2D eigenvalue weighted by atomic mass is 10.1. The second kappa shape index (κ2) is 8.05. The normalized spacial score (nSPS) is 11.2. The third-order valence-electron chi connectivity index (χ3n) is 5.03. The van der Waals surface area contributed by atoms with Gasteiger partial charge in [0.05, 0.1) is 34.1 Å². The van der Waals surface area contributed by atoms with Crippen LogP contribution in [0.1, 0.15) is 21.5 Å². The Balaban J connectivity index is 1.62. The van der Waals surface area contributed by atoms with E-state index in [-0.39, 0.29) is 5.91 Å². The predicted octanol–water partition coefficient (Wildman–Crippen LogP) is 5.47. The Bertz CT molecular complexity index is 1400. The van der Waals surface area contributed by atoms with Crippen molar-refractivity contribution < 1.29 is 9.53 Å². The van der Waals surface area contributed by atoms with Gasteiger partial charge in [-0.15, -0.1) is 11.3 Å². The van der Waals surface area contributed by atoms with E-state index in [1.807, 2.05) is 49.4 Å². The van der Waals surface area contributed by atoms with Gasteiger partial charge in [0.25, 0.3) is 5.91 Å². The summed E-state index contributed by atoms with van der Waals surface area (Å²) in [4.78, 5) is 28.7. The molecule has 0 N–H and O–H groups in total. The summed E-state index contributed by atoms with van der Waals surface area (Å²) in [7, 11) is 1.63. The summed E-state index contributed by atoms with van der Waals surface area (Å²) in [5, 5.41) is 0.626. The van der Waals surface area contributed by atoms with Crippen LogP contribution in [0, 0.1) is 6.92 Å². The van der Waals surface area contributed by atoms with Crippen LogP contribution < -0.4 is 9.64 Å². The third kappa shape index (κ3) is 3.64. The maximum absolute atomic E-state index is 13.7. The Hall–Kier alpha value is -3.36. The fourth-order valence-corrected chi connectivity index (χ4v) is 5.19. The van der Waals surface area contributed by atoms with Crippen LogP contribution in [0.2, 0.25) is 0 Å². The summed E-state index contributed by atoms with van der Waals surface area (Å²) in [5.41, 5.74) is 6.07. The van der Waals surface area contributed by atoms with E-state index in [0.717, 1.165) is 31.6 Å². The molecular weight excluding hydrogens is 428 g/mol. The molecular formula is C23H18N4O2S2. The summed E-state index contributed by atoms with van der Waals surface area (Å²) >= 11 is 3.01. The standard InChI is InChI=1S/C23H18N4O2S2/c1-14-5-8-18(29-2)20-21(14)31-23(26-20)27(12-15-4-3-9-24-11-15)22(28)16-6-7-17-19(10-16)30-13-25-17/h3-11,13H,12H2,1-2H3. The average molecular weight is 447 g/mol. The van der Waals surface area contributed by atoms with Crippen LogP contribution in [0.4, 0.5) is 5.13 Å². The number of amides is 1. The van der Waals surface area contributed by atoms with E-state index in [0.29, 0.717) is 23.0 Å². The molecule has 0 spiro atoms. The second-order valence-corrected chi connectivity index (χ2v) is 8.91. The van der Waals surface area contributed by atoms with Gasteiger partial charge < -0.3 is 4.74 Å². The fourth-order valence-electron chi connectivity index (χ4n) is 3.42. The highest BCUT2D eigenvalue weighted by atomic mass is 32.1. The van der Waals surface area contributed by atoms with Crippen LogP contribution in [0.15, 0.2) is 60.4 Å². The van der Waals surface area contributed by atoms with Crippen LogP contribution in [0.25, 0.3) is 20.4 Å². The van der Waals surface area contributed by atoms with Gasteiger partial charge in [0, 0.05) is 18.0 Å². The Morgan fingerprint density at radius 1 is 1.19 bits per heavy atom. The number of thiazole rings is 2. The lowest BCUT2D eigenvalue weighted by molar-refractivity contribution is 0.0985. The van der Waals surface area contributed by atoms with Crippen LogP contribution >= 0.6 is 22.7 Å². The zero-order valence-electron chi connectivity index (χ0n) is 16.9. The molecule has 5 aromatic rings. The number of pyridine rings is 1. The van der Waals surface area contributed by atoms with Crippen molar-refractivity contribution in [2.24, 2.45) is 0 Å². The van der Waals surface area contributed by atoms with Gasteiger partial charge in [-0.1, -0.05) is 23.5 Å². The number of carbonyl (C=O) groups excluding carboxylic acids is 1. The first-order chi connectivity index (χ1) is 15.1. The number of hydrogen-bond acceptors (Lipinski definition) is 7. The molecule has 1 amide bonds. The van der Waals surface area contributed by atoms with Crippen molar-refractivity contribution in [3.8, 4) is 5.75 Å². The van der Waals surface area contributed by atoms with Crippen molar-refractivity contribution in [1.82, 2.24) is 15.0 Å². The SMILES string of the molecule is COc1ccc(C)c2sc(N(Cc3cccnc3)C(=O)c3ccc4ncsc4c3)nc12. The van der Waals surface area contributed by atoms with Gasteiger partial charge in [-0.2, -0.15) is 0 Å². The summed E-state index contributed by atoms with van der Waals surface area (Å²) in [6, 6.07) is 13.3. The first-order valence-corrected chi connectivity index (χ1v) is 11.3. The average Bonchev–Trinajstić information content (AvgIpc) is 3.45. The van der Waals surface area contributed by atoms with Gasteiger partial charge in [0.1, 0.15) is 11.3 Å². The van der Waals surface area contributed by atoms with Gasteiger partial charge in [-0.3, -0.25) is 14.7 Å². The number of rotatable bonds is 5. The summed E-state index contributed by atoms with van der Waals surface area (Å²) in [6.07, 6.45) is 3.49. The molecule has 0 unspecified atom stereocenters. The molecule has 5 rings (SSSR count). The number of benzene rings is 2. The number of anilines is 1. The number of hydrogen-bond donors (Lipinski definition) is 0. The van der Waals surface area contributed by atoms with Crippen molar-refractivity contribution in [2.45, 2.75) is 13.5 Å². The Morgan fingerprint density at radius 2 is 2.10 bits per heavy atom. The number of aromatic nitrogens is 3. The molecule has 3 heterocycles. The number of carbonyl (C=O) groups is 1. The Labute approximate surface area is 186 Å². The number of fused-ring (bicyclic) bond motifs is 2. The molecule has 3 aromatic heterocycles. The maximum atomic E-state index is 13.7. The second-order valence-electron chi connectivity index (χ2n) is 7.05. The van der Waals surface area contributed by atoms with Crippen LogP contribution in [0.3, 0.4) is 0 Å². The first kappa shape index (κ1) is 19.6. The van der Waals surface area contributed by atoms with E-state index in [9.17, 15) is 4.79 Å². The summed E-state index contributed by atoms with van der Waals surface area (Å²) < 4.78 is 7.49. The van der Waals surface area contributed by atoms with Gasteiger partial charge in [0.15, 0.2) is 5.13 Å². The third-order valence-corrected chi connectivity index (χ3v) is 7.04. The number of methoxy groups -OCH3 is 1. The minimum absolute atomic E-state index is 0.116. The van der Waals surface area contributed by atoms with Crippen molar-refractivity contribution in [3.63, 3.8) is 0 Å². The summed E-state index contributed by atoms with van der Waals surface area (Å²) in [5.74, 6) is 0.581. The van der Waals surface area contributed by atoms with E-state index >= 15 is 0 Å². The van der Waals surface area contributed by atoms with E-state index < -0.39 is 0 Å². The summed E-state index contributed by atoms with van der Waals surface area (Å²) in [6.45, 7) is 2.41. The highest BCUT2D eigenvalue weighted by Crippen LogP contribution is 2.37. The van der Waals surface area contributed by atoms with Crippen LogP contribution in [0.5, 0.6) is 5.75 Å². The van der Waals surface area contributed by atoms with Crippen molar-refractivity contribution in [2.75, 3.05) is 12.0 Å². The zero-order chi connectivity index (χ0) is 21.4. The van der Waals surface area contributed by atoms with E-state index in [4.69, 9.17) is 9.72 Å². The topological polar surface area (TPSA) is 68.2 Å². The Morgan fingerprint density at radius 3 is 2.90 bits per heavy atom. The highest BCUT2D eigenvalue weighted by molar-refractivity contribution is 7.22. The zero-order valence-corrected chi connectivity index (χ0v) is 18.5. The van der Waals surface area contributed by atoms with Crippen molar-refractivity contribution in [1.29, 1.82) is 0 Å². The molecule has 6 nitrogen and oxygen atoms in total. The van der Waals surface area contributed by atoms with E-state index in [2.05, 4.69) is 9.97 Å². The molecule has 8 heteroatoms. The number of aryl methyl sites for hydroxylation is 1. The van der Waals surface area contributed by atoms with E-state index in [1.165, 1.54) is 22.7 Å². The number of nitrogens with zero attached hydrogens (tertiary/aromatic N) is 4. The molecule has 2 aromatic carbocycles. The van der Waals surface area contributed by atoms with Gasteiger partial charge in [0.2, 0.25) is 0 Å². The van der Waals surface area contributed by atoms with Crippen LogP contribution in [-0.2, 0) is 6.54 Å². The van der Waals surface area contributed by atoms with Gasteiger partial charge in [-0.25, -0.2) is 9.97 Å². The highest BCUT2D eigenvalue weighted by Gasteiger charge is 2.24. The molecule has 0 aliphatic rings. The fraction of sp³-hybridized carbons (Fsp3) is 0.130. The first-order valence-electron chi connectivity index (χ1n) is 9.62. The van der Waals surface area contributed by atoms with Gasteiger partial charge in [-0.05, 0) is 48.4 Å². The quantitative estimate of drug-likeness (QED) is 0.358.